The number of hydrogen-bond acceptors (Lipinski definition) is 3. The van der Waals surface area contributed by atoms with Crippen molar-refractivity contribution in [3.63, 3.8) is 0 Å². The van der Waals surface area contributed by atoms with Crippen molar-refractivity contribution in [2.45, 2.75) is 6.04 Å². The Balaban J connectivity index is 2.17. The summed E-state index contributed by atoms with van der Waals surface area (Å²) in [6.45, 7) is 1.60. The molecular weight excluding hydrogens is 297 g/mol. The molecule has 0 saturated carbocycles. The molecule has 88 valence electrons. The molecule has 2 rings (SSSR count). The van der Waals surface area contributed by atoms with E-state index < -0.39 is 0 Å². The molecule has 6 heteroatoms. The molecular formula is C10H11BrClNO3. The van der Waals surface area contributed by atoms with E-state index in [0.717, 1.165) is 0 Å². The van der Waals surface area contributed by atoms with E-state index in [9.17, 15) is 4.79 Å². The highest BCUT2D eigenvalue weighted by Crippen LogP contribution is 2.21. The zero-order chi connectivity index (χ0) is 11.5. The quantitative estimate of drug-likeness (QED) is 0.786. The molecule has 1 aromatic rings. The molecule has 1 amide bonds. The first-order chi connectivity index (χ1) is 7.74. The summed E-state index contributed by atoms with van der Waals surface area (Å²) in [4.78, 5) is 13.9. The molecule has 1 fully saturated rings. The highest BCUT2D eigenvalue weighted by molar-refractivity contribution is 9.10. The average Bonchev–Trinajstić information content (AvgIpc) is 2.74. The van der Waals surface area contributed by atoms with E-state index in [1.54, 1.807) is 11.0 Å². The second-order valence-corrected chi connectivity index (χ2v) is 4.52. The predicted molar refractivity (Wildman–Crippen MR) is 62.8 cm³/mol. The van der Waals surface area contributed by atoms with Gasteiger partial charge in [0.1, 0.15) is 0 Å². The van der Waals surface area contributed by atoms with Gasteiger partial charge >= 0.3 is 0 Å². The van der Waals surface area contributed by atoms with Crippen molar-refractivity contribution in [2.75, 3.05) is 25.6 Å². The molecule has 0 spiro atoms. The molecule has 1 aliphatic rings. The van der Waals surface area contributed by atoms with Crippen LogP contribution in [-0.2, 0) is 4.74 Å². The first-order valence-corrected chi connectivity index (χ1v) is 6.24. The number of alkyl halides is 1. The van der Waals surface area contributed by atoms with Gasteiger partial charge in [-0.1, -0.05) is 0 Å². The van der Waals surface area contributed by atoms with Crippen molar-refractivity contribution in [3.8, 4) is 0 Å². The molecule has 0 radical (unpaired) electrons. The number of carbonyl (C=O) groups is 1. The molecule has 0 N–H and O–H groups in total. The van der Waals surface area contributed by atoms with Crippen molar-refractivity contribution < 1.29 is 13.9 Å². The molecule has 0 aliphatic carbocycles. The Kier molecular flexibility index (Phi) is 3.89. The van der Waals surface area contributed by atoms with Gasteiger partial charge < -0.3 is 14.1 Å². The Morgan fingerprint density at radius 1 is 1.69 bits per heavy atom. The number of amides is 1. The van der Waals surface area contributed by atoms with Crippen molar-refractivity contribution in [1.29, 1.82) is 0 Å². The fraction of sp³-hybridized carbons (Fsp3) is 0.500. The van der Waals surface area contributed by atoms with Crippen molar-refractivity contribution in [2.24, 2.45) is 0 Å². The van der Waals surface area contributed by atoms with Crippen molar-refractivity contribution in [3.05, 3.63) is 22.6 Å². The third kappa shape index (κ3) is 2.26. The standard InChI is InChI=1S/C10H11BrClNO3/c11-9-8(1-3-16-9)10(14)13-2-4-15-6-7(13)5-12/h1,3,7H,2,4-6H2. The van der Waals surface area contributed by atoms with Gasteiger partial charge in [-0.3, -0.25) is 4.79 Å². The summed E-state index contributed by atoms with van der Waals surface area (Å²) < 4.78 is 10.8. The Morgan fingerprint density at radius 2 is 2.50 bits per heavy atom. The summed E-state index contributed by atoms with van der Waals surface area (Å²) in [5.74, 6) is 0.302. The molecule has 4 nitrogen and oxygen atoms in total. The normalized spacial score (nSPS) is 21.1. The molecule has 1 atom stereocenters. The van der Waals surface area contributed by atoms with E-state index >= 15 is 0 Å². The lowest BCUT2D eigenvalue weighted by Gasteiger charge is -2.34. The van der Waals surface area contributed by atoms with Crippen LogP contribution in [-0.4, -0.2) is 42.5 Å². The second kappa shape index (κ2) is 5.21. The maximum absolute atomic E-state index is 12.2. The molecule has 1 saturated heterocycles. The summed E-state index contributed by atoms with van der Waals surface area (Å²) in [6, 6.07) is 1.58. The van der Waals surface area contributed by atoms with Crippen LogP contribution in [0.4, 0.5) is 0 Å². The minimum atomic E-state index is -0.0745. The number of carbonyl (C=O) groups excluding carboxylic acids is 1. The van der Waals surface area contributed by atoms with Gasteiger partial charge in [-0.05, 0) is 22.0 Å². The smallest absolute Gasteiger partial charge is 0.258 e. The minimum absolute atomic E-state index is 0.0651. The Bertz CT molecular complexity index is 382. The minimum Gasteiger partial charge on any atom is -0.457 e. The zero-order valence-corrected chi connectivity index (χ0v) is 10.8. The molecule has 0 aromatic carbocycles. The lowest BCUT2D eigenvalue weighted by molar-refractivity contribution is 0.00445. The summed E-state index contributed by atoms with van der Waals surface area (Å²) >= 11 is 9.01. The lowest BCUT2D eigenvalue weighted by atomic mass is 10.2. The van der Waals surface area contributed by atoms with Crippen molar-refractivity contribution in [1.82, 2.24) is 4.90 Å². The first-order valence-electron chi connectivity index (χ1n) is 4.91. The monoisotopic (exact) mass is 307 g/mol. The molecule has 1 aliphatic heterocycles. The highest BCUT2D eigenvalue weighted by atomic mass is 79.9. The van der Waals surface area contributed by atoms with Crippen LogP contribution in [0.5, 0.6) is 0 Å². The number of ether oxygens (including phenoxy) is 1. The van der Waals surface area contributed by atoms with E-state index in [0.29, 0.717) is 35.9 Å². The number of hydrogen-bond donors (Lipinski definition) is 0. The molecule has 16 heavy (non-hydrogen) atoms. The van der Waals surface area contributed by atoms with Gasteiger partial charge in [0.2, 0.25) is 0 Å². The van der Waals surface area contributed by atoms with Crippen LogP contribution in [0, 0.1) is 0 Å². The topological polar surface area (TPSA) is 42.7 Å². The van der Waals surface area contributed by atoms with Crippen LogP contribution in [0.1, 0.15) is 10.4 Å². The number of nitrogens with zero attached hydrogens (tertiary/aromatic N) is 1. The Morgan fingerprint density at radius 3 is 3.12 bits per heavy atom. The van der Waals surface area contributed by atoms with Crippen molar-refractivity contribution >= 4 is 33.4 Å². The molecule has 1 aromatic heterocycles. The van der Waals surface area contributed by atoms with E-state index in [1.165, 1.54) is 6.26 Å². The molecule has 0 bridgehead atoms. The molecule has 2 heterocycles. The van der Waals surface area contributed by atoms with Gasteiger partial charge in [-0.2, -0.15) is 0 Å². The SMILES string of the molecule is O=C(c1ccoc1Br)N1CCOCC1CCl. The van der Waals surface area contributed by atoms with Crippen LogP contribution in [0.2, 0.25) is 0 Å². The number of furan rings is 1. The maximum atomic E-state index is 12.2. The second-order valence-electron chi connectivity index (χ2n) is 3.49. The molecule has 1 unspecified atom stereocenters. The van der Waals surface area contributed by atoms with Gasteiger partial charge in [0, 0.05) is 12.4 Å². The first kappa shape index (κ1) is 12.0. The third-order valence-corrected chi connectivity index (χ3v) is 3.49. The van der Waals surface area contributed by atoms with Crippen LogP contribution in [0.25, 0.3) is 0 Å². The number of rotatable bonds is 2. The summed E-state index contributed by atoms with van der Waals surface area (Å²) in [5.41, 5.74) is 0.525. The maximum Gasteiger partial charge on any atom is 0.258 e. The Labute approximate surface area is 107 Å². The van der Waals surface area contributed by atoms with Crippen LogP contribution in [0.15, 0.2) is 21.4 Å². The summed E-state index contributed by atoms with van der Waals surface area (Å²) in [7, 11) is 0. The predicted octanol–water partition coefficient (Wildman–Crippen LogP) is 2.12. The summed E-state index contributed by atoms with van der Waals surface area (Å²) in [5, 5.41) is 0. The average molecular weight is 309 g/mol. The van der Waals surface area contributed by atoms with E-state index in [4.69, 9.17) is 20.8 Å². The van der Waals surface area contributed by atoms with Crippen LogP contribution in [0.3, 0.4) is 0 Å². The van der Waals surface area contributed by atoms with Gasteiger partial charge in [0.05, 0.1) is 31.1 Å². The highest BCUT2D eigenvalue weighted by Gasteiger charge is 2.29. The third-order valence-electron chi connectivity index (χ3n) is 2.51. The Hall–Kier alpha value is -0.520. The van der Waals surface area contributed by atoms with Gasteiger partial charge in [0.25, 0.3) is 5.91 Å². The van der Waals surface area contributed by atoms with Gasteiger partial charge in [-0.15, -0.1) is 11.6 Å². The lowest BCUT2D eigenvalue weighted by Crippen LogP contribution is -2.49. The van der Waals surface area contributed by atoms with E-state index in [-0.39, 0.29) is 11.9 Å². The van der Waals surface area contributed by atoms with Gasteiger partial charge in [0.15, 0.2) is 4.67 Å². The van der Waals surface area contributed by atoms with Crippen LogP contribution < -0.4 is 0 Å². The number of morpholine rings is 1. The van der Waals surface area contributed by atoms with Crippen LogP contribution >= 0.6 is 27.5 Å². The van der Waals surface area contributed by atoms with E-state index in [2.05, 4.69) is 15.9 Å². The van der Waals surface area contributed by atoms with Gasteiger partial charge in [-0.25, -0.2) is 0 Å². The van der Waals surface area contributed by atoms with E-state index in [1.807, 2.05) is 0 Å². The number of halogens is 2. The fourth-order valence-electron chi connectivity index (χ4n) is 1.65. The fourth-order valence-corrected chi connectivity index (χ4v) is 2.32. The zero-order valence-electron chi connectivity index (χ0n) is 8.49. The summed E-state index contributed by atoms with van der Waals surface area (Å²) in [6.07, 6.45) is 1.48. The largest absolute Gasteiger partial charge is 0.457 e.